The Bertz CT molecular complexity index is 254. The Kier molecular flexibility index (Phi) is 4.76. The molecule has 0 bridgehead atoms. The molecule has 5 heteroatoms. The van der Waals surface area contributed by atoms with E-state index in [9.17, 15) is 4.79 Å². The summed E-state index contributed by atoms with van der Waals surface area (Å²) >= 11 is 0. The molecule has 2 heterocycles. The van der Waals surface area contributed by atoms with Gasteiger partial charge < -0.3 is 20.1 Å². The van der Waals surface area contributed by atoms with Gasteiger partial charge in [0.05, 0.1) is 18.8 Å². The average Bonchev–Trinajstić information content (AvgIpc) is 2.85. The van der Waals surface area contributed by atoms with Crippen molar-refractivity contribution in [3.63, 3.8) is 0 Å². The van der Waals surface area contributed by atoms with E-state index in [1.54, 1.807) is 4.90 Å². The molecule has 2 N–H and O–H groups in total. The normalized spacial score (nSPS) is 26.4. The molecule has 0 aromatic rings. The Morgan fingerprint density at radius 2 is 2.12 bits per heavy atom. The summed E-state index contributed by atoms with van der Waals surface area (Å²) in [6.07, 6.45) is 4.09. The first kappa shape index (κ1) is 12.8. The van der Waals surface area contributed by atoms with Gasteiger partial charge in [0.25, 0.3) is 0 Å². The van der Waals surface area contributed by atoms with E-state index in [2.05, 4.69) is 5.32 Å². The van der Waals surface area contributed by atoms with Crippen LogP contribution in [0, 0.1) is 0 Å². The van der Waals surface area contributed by atoms with E-state index in [1.807, 2.05) is 0 Å². The van der Waals surface area contributed by atoms with Crippen molar-refractivity contribution in [3.05, 3.63) is 0 Å². The van der Waals surface area contributed by atoms with Gasteiger partial charge in [-0.3, -0.25) is 4.79 Å². The van der Waals surface area contributed by atoms with Crippen LogP contribution >= 0.6 is 0 Å². The number of nitrogens with zero attached hydrogens (tertiary/aromatic N) is 1. The summed E-state index contributed by atoms with van der Waals surface area (Å²) in [6, 6.07) is 0.0131. The lowest BCUT2D eigenvalue weighted by molar-refractivity contribution is -0.140. The van der Waals surface area contributed by atoms with E-state index in [1.165, 1.54) is 0 Å². The lowest BCUT2D eigenvalue weighted by Gasteiger charge is -2.26. The van der Waals surface area contributed by atoms with Gasteiger partial charge in [-0.1, -0.05) is 0 Å². The lowest BCUT2D eigenvalue weighted by atomic mass is 10.1. The van der Waals surface area contributed by atoms with E-state index in [4.69, 9.17) is 9.84 Å². The second kappa shape index (κ2) is 6.33. The molecule has 1 amide bonds. The summed E-state index contributed by atoms with van der Waals surface area (Å²) in [5.41, 5.74) is 0. The number of nitrogens with one attached hydrogen (secondary N) is 1. The van der Waals surface area contributed by atoms with Crippen LogP contribution in [0.4, 0.5) is 0 Å². The number of likely N-dealkylation sites (tertiary alicyclic amines) is 1. The smallest absolute Gasteiger partial charge is 0.248 e. The predicted molar refractivity (Wildman–Crippen MR) is 63.7 cm³/mol. The van der Waals surface area contributed by atoms with E-state index in [-0.39, 0.29) is 31.3 Å². The molecular formula is C12H22N2O3. The molecule has 0 aliphatic carbocycles. The van der Waals surface area contributed by atoms with Crippen LogP contribution in [0.25, 0.3) is 0 Å². The molecule has 2 aliphatic rings. The maximum absolute atomic E-state index is 11.9. The summed E-state index contributed by atoms with van der Waals surface area (Å²) < 4.78 is 5.64. The Morgan fingerprint density at radius 1 is 1.35 bits per heavy atom. The van der Waals surface area contributed by atoms with Crippen LogP contribution in [0.5, 0.6) is 0 Å². The third-order valence-corrected chi connectivity index (χ3v) is 3.64. The van der Waals surface area contributed by atoms with Crippen LogP contribution in [0.3, 0.4) is 0 Å². The van der Waals surface area contributed by atoms with Gasteiger partial charge >= 0.3 is 0 Å². The zero-order valence-corrected chi connectivity index (χ0v) is 10.2. The van der Waals surface area contributed by atoms with E-state index >= 15 is 0 Å². The first-order chi connectivity index (χ1) is 8.31. The molecule has 0 aromatic carbocycles. The van der Waals surface area contributed by atoms with Crippen molar-refractivity contribution in [1.82, 2.24) is 10.2 Å². The maximum Gasteiger partial charge on any atom is 0.248 e. The fraction of sp³-hybridized carbons (Fsp3) is 0.917. The summed E-state index contributed by atoms with van der Waals surface area (Å²) in [4.78, 5) is 13.7. The lowest BCUT2D eigenvalue weighted by Crippen LogP contribution is -2.41. The van der Waals surface area contributed by atoms with Gasteiger partial charge in [-0.05, 0) is 38.8 Å². The number of hydrogen-bond donors (Lipinski definition) is 2. The number of carbonyl (C=O) groups excluding carboxylic acids is 1. The van der Waals surface area contributed by atoms with Gasteiger partial charge in [-0.15, -0.1) is 0 Å². The quantitative estimate of drug-likeness (QED) is 0.713. The van der Waals surface area contributed by atoms with E-state index in [0.717, 1.165) is 45.3 Å². The molecule has 1 atom stereocenters. The number of aliphatic hydroxyl groups excluding tert-OH is 1. The molecule has 2 rings (SSSR count). The standard InChI is InChI=1S/C12H22N2O3/c15-8-10-2-1-7-14(10)12(16)9-17-11-3-5-13-6-4-11/h10-11,13,15H,1-9H2/t10-/m1/s1. The number of ether oxygens (including phenoxy) is 1. The van der Waals surface area contributed by atoms with Crippen LogP contribution in [-0.4, -0.2) is 60.9 Å². The Morgan fingerprint density at radius 3 is 2.82 bits per heavy atom. The van der Waals surface area contributed by atoms with E-state index in [0.29, 0.717) is 0 Å². The highest BCUT2D eigenvalue weighted by molar-refractivity contribution is 5.78. The SMILES string of the molecule is O=C(COC1CCNCC1)N1CCC[C@@H]1CO. The van der Waals surface area contributed by atoms with Crippen molar-refractivity contribution >= 4 is 5.91 Å². The highest BCUT2D eigenvalue weighted by atomic mass is 16.5. The van der Waals surface area contributed by atoms with Gasteiger partial charge in [-0.25, -0.2) is 0 Å². The molecule has 0 spiro atoms. The molecule has 2 aliphatic heterocycles. The number of amides is 1. The number of hydrogen-bond acceptors (Lipinski definition) is 4. The Hall–Kier alpha value is -0.650. The average molecular weight is 242 g/mol. The van der Waals surface area contributed by atoms with E-state index < -0.39 is 0 Å². The Balaban J connectivity index is 1.72. The number of carbonyl (C=O) groups is 1. The molecule has 2 fully saturated rings. The van der Waals surface area contributed by atoms with Crippen molar-refractivity contribution in [2.24, 2.45) is 0 Å². The van der Waals surface area contributed by atoms with Gasteiger partial charge in [0.2, 0.25) is 5.91 Å². The van der Waals surface area contributed by atoms with Crippen LogP contribution in [0.15, 0.2) is 0 Å². The summed E-state index contributed by atoms with van der Waals surface area (Å²) in [7, 11) is 0. The Labute approximate surface area is 102 Å². The van der Waals surface area contributed by atoms with Crippen molar-refractivity contribution in [2.45, 2.75) is 37.8 Å². The first-order valence-corrected chi connectivity index (χ1v) is 6.54. The maximum atomic E-state index is 11.9. The van der Waals surface area contributed by atoms with Crippen molar-refractivity contribution < 1.29 is 14.6 Å². The number of piperidine rings is 1. The molecule has 0 radical (unpaired) electrons. The fourth-order valence-electron chi connectivity index (χ4n) is 2.59. The second-order valence-corrected chi connectivity index (χ2v) is 4.83. The molecule has 17 heavy (non-hydrogen) atoms. The minimum absolute atomic E-state index is 0.0131. The van der Waals surface area contributed by atoms with Gasteiger partial charge in [0.1, 0.15) is 6.61 Å². The fourth-order valence-corrected chi connectivity index (χ4v) is 2.59. The van der Waals surface area contributed by atoms with Gasteiger partial charge in [0.15, 0.2) is 0 Å². The van der Waals surface area contributed by atoms with Crippen molar-refractivity contribution in [2.75, 3.05) is 32.8 Å². The minimum atomic E-state index is 0.0131. The molecule has 98 valence electrons. The molecule has 0 unspecified atom stereocenters. The largest absolute Gasteiger partial charge is 0.394 e. The van der Waals surface area contributed by atoms with Crippen LogP contribution < -0.4 is 5.32 Å². The molecular weight excluding hydrogens is 220 g/mol. The summed E-state index contributed by atoms with van der Waals surface area (Å²) in [5, 5.41) is 12.4. The molecule has 0 saturated carbocycles. The number of aliphatic hydroxyl groups is 1. The molecule has 5 nitrogen and oxygen atoms in total. The summed E-state index contributed by atoms with van der Waals surface area (Å²) in [6.45, 7) is 2.95. The highest BCUT2D eigenvalue weighted by Crippen LogP contribution is 2.17. The van der Waals surface area contributed by atoms with Crippen molar-refractivity contribution in [1.29, 1.82) is 0 Å². The monoisotopic (exact) mass is 242 g/mol. The van der Waals surface area contributed by atoms with Gasteiger partial charge in [0, 0.05) is 6.54 Å². The zero-order chi connectivity index (χ0) is 12.1. The highest BCUT2D eigenvalue weighted by Gasteiger charge is 2.28. The van der Waals surface area contributed by atoms with Gasteiger partial charge in [-0.2, -0.15) is 0 Å². The number of rotatable bonds is 4. The first-order valence-electron chi connectivity index (χ1n) is 6.54. The zero-order valence-electron chi connectivity index (χ0n) is 10.2. The van der Waals surface area contributed by atoms with Crippen LogP contribution in [-0.2, 0) is 9.53 Å². The third-order valence-electron chi connectivity index (χ3n) is 3.64. The molecule has 0 aromatic heterocycles. The summed E-state index contributed by atoms with van der Waals surface area (Å²) in [5.74, 6) is 0.0279. The minimum Gasteiger partial charge on any atom is -0.394 e. The topological polar surface area (TPSA) is 61.8 Å². The van der Waals surface area contributed by atoms with Crippen LogP contribution in [0.2, 0.25) is 0 Å². The molecule has 2 saturated heterocycles. The van der Waals surface area contributed by atoms with Crippen LogP contribution in [0.1, 0.15) is 25.7 Å². The van der Waals surface area contributed by atoms with Crippen molar-refractivity contribution in [3.8, 4) is 0 Å². The second-order valence-electron chi connectivity index (χ2n) is 4.83. The predicted octanol–water partition coefficient (Wildman–Crippen LogP) is -0.262. The third kappa shape index (κ3) is 3.40.